The molecule has 0 saturated heterocycles. The number of aliphatic carboxylic acids is 1. The number of imidazole rings is 1. The number of primary amides is 1. The predicted octanol–water partition coefficient (Wildman–Crippen LogP) is 12.2. The van der Waals surface area contributed by atoms with Gasteiger partial charge in [-0.2, -0.15) is 15.8 Å². The molecule has 1 aromatic carbocycles. The minimum absolute atomic E-state index is 0.0355. The zero-order valence-electron chi connectivity index (χ0n) is 52.5. The maximum atomic E-state index is 12.9. The molecular formula is C66H98N10O10. The minimum atomic E-state index is -0.735. The highest BCUT2D eigenvalue weighted by Gasteiger charge is 2.30. The average molecular weight is 1190 g/mol. The SMILES string of the molecule is CC(C)(C)OC(=O)NC1CCC(C#N)CC1.CC(C)(C)OC(=O)NC1CCC(C(=O)O)CC1.CC(C)(C)OC(=O)NC1CCC(C(N)=O)CC1.N#CC1CCC(CC(=O)Cc2c(-c3ccccc3)ccc3cncn23)CC1.N#CC1CCC(N)CC1. The Balaban J connectivity index is 0.000000240. The second-order valence-electron chi connectivity index (χ2n) is 26.7. The van der Waals surface area contributed by atoms with Crippen molar-refractivity contribution < 1.29 is 48.1 Å². The number of nitrogens with one attached hydrogen (secondary N) is 3. The summed E-state index contributed by atoms with van der Waals surface area (Å²) in [6.45, 7) is 16.5. The Morgan fingerprint density at radius 3 is 1.36 bits per heavy atom. The zero-order valence-corrected chi connectivity index (χ0v) is 52.5. The third kappa shape index (κ3) is 27.4. The van der Waals surface area contributed by atoms with Gasteiger partial charge < -0.3 is 51.1 Å². The number of carboxylic acids is 1. The molecule has 0 spiro atoms. The Bertz CT molecular complexity index is 2680. The summed E-state index contributed by atoms with van der Waals surface area (Å²) >= 11 is 0. The molecule has 0 bridgehead atoms. The molecule has 20 nitrogen and oxygen atoms in total. The van der Waals surface area contributed by atoms with Crippen molar-refractivity contribution in [2.75, 3.05) is 0 Å². The topological polar surface area (TPSA) is 327 Å². The van der Waals surface area contributed by atoms with Crippen molar-refractivity contribution >= 4 is 41.5 Å². The number of hydrogen-bond donors (Lipinski definition) is 6. The number of rotatable bonds is 10. The highest BCUT2D eigenvalue weighted by molar-refractivity contribution is 5.84. The van der Waals surface area contributed by atoms with Gasteiger partial charge in [-0.3, -0.25) is 14.4 Å². The highest BCUT2D eigenvalue weighted by Crippen LogP contribution is 2.33. The molecule has 3 aromatic rings. The summed E-state index contributed by atoms with van der Waals surface area (Å²) in [6.07, 6.45) is 20.6. The van der Waals surface area contributed by atoms with Gasteiger partial charge in [-0.05, 0) is 208 Å². The fourth-order valence-electron chi connectivity index (χ4n) is 11.2. The Morgan fingerprint density at radius 2 is 0.965 bits per heavy atom. The third-order valence-corrected chi connectivity index (χ3v) is 15.9. The fraction of sp³-hybridized carbons (Fsp3) is 0.667. The maximum Gasteiger partial charge on any atom is 0.407 e. The van der Waals surface area contributed by atoms with Gasteiger partial charge in [-0.15, -0.1) is 0 Å². The molecule has 472 valence electrons. The second kappa shape index (κ2) is 34.8. The number of nitrogens with two attached hydrogens (primary N) is 2. The Morgan fingerprint density at radius 1 is 0.570 bits per heavy atom. The van der Waals surface area contributed by atoms with Crippen molar-refractivity contribution in [2.24, 2.45) is 47.0 Å². The number of Topliss-reactive ketones (excluding diaryl/α,β-unsaturated/α-hetero) is 1. The van der Waals surface area contributed by atoms with Crippen LogP contribution in [-0.4, -0.2) is 91.4 Å². The van der Waals surface area contributed by atoms with E-state index < -0.39 is 28.9 Å². The fourth-order valence-corrected chi connectivity index (χ4v) is 11.2. The number of carbonyl (C=O) groups excluding carboxylic acids is 5. The summed E-state index contributed by atoms with van der Waals surface area (Å²) in [6, 6.07) is 21.9. The van der Waals surface area contributed by atoms with Crippen molar-refractivity contribution in [1.82, 2.24) is 25.3 Å². The molecule has 20 heteroatoms. The van der Waals surface area contributed by atoms with E-state index in [1.54, 1.807) is 6.33 Å². The molecule has 2 heterocycles. The van der Waals surface area contributed by atoms with Crippen molar-refractivity contribution in [1.29, 1.82) is 15.8 Å². The molecule has 5 aliphatic rings. The molecule has 5 aliphatic carbocycles. The number of carbonyl (C=O) groups is 6. The number of hydrogen-bond acceptors (Lipinski definition) is 14. The molecule has 8 N–H and O–H groups in total. The Labute approximate surface area is 510 Å². The number of ether oxygens (including phenoxy) is 3. The van der Waals surface area contributed by atoms with Gasteiger partial charge in [0.05, 0.1) is 42.2 Å². The van der Waals surface area contributed by atoms with Crippen LogP contribution >= 0.6 is 0 Å². The van der Waals surface area contributed by atoms with Crippen LogP contribution in [0.3, 0.4) is 0 Å². The molecule has 4 amide bonds. The van der Waals surface area contributed by atoms with Crippen LogP contribution in [0.2, 0.25) is 0 Å². The summed E-state index contributed by atoms with van der Waals surface area (Å²) in [5.41, 5.74) is 13.7. The predicted molar refractivity (Wildman–Crippen MR) is 328 cm³/mol. The van der Waals surface area contributed by atoms with Crippen LogP contribution in [0.25, 0.3) is 16.6 Å². The van der Waals surface area contributed by atoms with E-state index in [0.29, 0.717) is 56.4 Å². The number of benzene rings is 1. The lowest BCUT2D eigenvalue weighted by Crippen LogP contribution is -2.42. The molecule has 0 atom stereocenters. The van der Waals surface area contributed by atoms with E-state index in [1.807, 2.05) is 97.2 Å². The van der Waals surface area contributed by atoms with Crippen LogP contribution in [0.1, 0.15) is 203 Å². The van der Waals surface area contributed by atoms with E-state index in [1.165, 1.54) is 0 Å². The second-order valence-corrected chi connectivity index (χ2v) is 26.7. The van der Waals surface area contributed by atoms with Gasteiger partial charge in [0.15, 0.2) is 0 Å². The first-order valence-electron chi connectivity index (χ1n) is 31.0. The molecule has 2 aromatic heterocycles. The van der Waals surface area contributed by atoms with Crippen LogP contribution in [0.4, 0.5) is 14.4 Å². The van der Waals surface area contributed by atoms with Crippen LogP contribution in [0.5, 0.6) is 0 Å². The minimum Gasteiger partial charge on any atom is -0.481 e. The van der Waals surface area contributed by atoms with Crippen LogP contribution < -0.4 is 27.4 Å². The number of ketones is 1. The smallest absolute Gasteiger partial charge is 0.407 e. The number of alkyl carbamates (subject to hydrolysis) is 3. The molecule has 0 aliphatic heterocycles. The first-order valence-corrected chi connectivity index (χ1v) is 31.0. The molecule has 86 heavy (non-hydrogen) atoms. The monoisotopic (exact) mass is 1190 g/mol. The van der Waals surface area contributed by atoms with Gasteiger partial charge in [0.2, 0.25) is 5.91 Å². The summed E-state index contributed by atoms with van der Waals surface area (Å²) < 4.78 is 17.5. The maximum absolute atomic E-state index is 12.9. The Hall–Kier alpha value is -7.24. The lowest BCUT2D eigenvalue weighted by Gasteiger charge is -2.28. The largest absolute Gasteiger partial charge is 0.481 e. The van der Waals surface area contributed by atoms with Gasteiger partial charge >= 0.3 is 24.2 Å². The van der Waals surface area contributed by atoms with E-state index in [0.717, 1.165) is 125 Å². The number of pyridine rings is 1. The first kappa shape index (κ1) is 71.2. The number of carboxylic acid groups (broad SMARTS) is 1. The number of fused-ring (bicyclic) bond motifs is 1. The number of amides is 4. The lowest BCUT2D eigenvalue weighted by atomic mass is 9.80. The summed E-state index contributed by atoms with van der Waals surface area (Å²) in [5.74, 6) is 0.0695. The molecule has 0 radical (unpaired) electrons. The van der Waals surface area contributed by atoms with E-state index >= 15 is 0 Å². The van der Waals surface area contributed by atoms with Gasteiger partial charge in [0, 0.05) is 71.9 Å². The van der Waals surface area contributed by atoms with Crippen molar-refractivity contribution in [3.63, 3.8) is 0 Å². The quantitative estimate of drug-likeness (QED) is 0.103. The third-order valence-electron chi connectivity index (χ3n) is 15.9. The summed E-state index contributed by atoms with van der Waals surface area (Å²) in [7, 11) is 0. The zero-order chi connectivity index (χ0) is 63.6. The number of nitriles is 3. The standard InChI is InChI=1S/C23H23N3O.C12H22N2O3.C12H20N2O2.C12H21NO4.C7H12N2/c24-14-18-8-6-17(7-9-18)12-21(27)13-23-22(19-4-2-1-3-5-19)11-10-20-15-25-16-26(20)23;1-12(2,3)17-11(16)14-9-6-4-8(5-7-9)10(13)15;1-12(2,3)16-11(15)14-10-6-4-9(8-13)5-7-10;1-12(2,3)17-11(16)13-9-6-4-8(5-7-9)10(14)15;8-5-6-1-3-7(9)4-2-6/h1-5,10-11,15-18H,6-9,12-13H2;8-9H,4-7H2,1-3H3,(H2,13,15)(H,14,16);9-10H,4-7H2,1-3H3,(H,14,15);8-9H,4-7H2,1-3H3,(H,13,16)(H,14,15);6-7H,1-4,9H2. The molecule has 5 fully saturated rings. The van der Waals surface area contributed by atoms with E-state index in [9.17, 15) is 28.8 Å². The van der Waals surface area contributed by atoms with Crippen molar-refractivity contribution in [3.05, 3.63) is 60.7 Å². The van der Waals surface area contributed by atoms with Crippen LogP contribution in [0.15, 0.2) is 55.0 Å². The van der Waals surface area contributed by atoms with Crippen LogP contribution in [-0.2, 0) is 35.0 Å². The number of nitrogens with zero attached hydrogens (tertiary/aromatic N) is 5. The lowest BCUT2D eigenvalue weighted by molar-refractivity contribution is -0.142. The van der Waals surface area contributed by atoms with Gasteiger partial charge in [-0.25, -0.2) is 19.4 Å². The summed E-state index contributed by atoms with van der Waals surface area (Å²) in [5, 5.41) is 43.6. The highest BCUT2D eigenvalue weighted by atomic mass is 16.6. The average Bonchev–Trinajstić information content (AvgIpc) is 2.91. The van der Waals surface area contributed by atoms with Crippen molar-refractivity contribution in [3.8, 4) is 29.3 Å². The van der Waals surface area contributed by atoms with E-state index in [2.05, 4.69) is 57.3 Å². The Kier molecular flexibility index (Phi) is 28.8. The molecule has 5 saturated carbocycles. The number of aromatic nitrogens is 2. The molecule has 8 rings (SSSR count). The van der Waals surface area contributed by atoms with E-state index in [-0.39, 0.29) is 65.7 Å². The van der Waals surface area contributed by atoms with Gasteiger partial charge in [0.25, 0.3) is 0 Å². The van der Waals surface area contributed by atoms with Crippen molar-refractivity contribution in [2.45, 2.75) is 245 Å². The van der Waals surface area contributed by atoms with Crippen LogP contribution in [0, 0.1) is 69.5 Å². The van der Waals surface area contributed by atoms with Gasteiger partial charge in [0.1, 0.15) is 22.6 Å². The summed E-state index contributed by atoms with van der Waals surface area (Å²) in [4.78, 5) is 73.4. The van der Waals surface area contributed by atoms with E-state index in [4.69, 9.17) is 46.6 Å². The van der Waals surface area contributed by atoms with Gasteiger partial charge in [-0.1, -0.05) is 36.4 Å². The normalized spacial score (nSPS) is 24.6. The molecular weight excluding hydrogens is 1090 g/mol. The first-order chi connectivity index (χ1) is 40.5. The molecule has 0 unspecified atom stereocenters.